The maximum Gasteiger partial charge on any atom is 0.337 e. The first-order valence-electron chi connectivity index (χ1n) is 7.50. The molecule has 25 heavy (non-hydrogen) atoms. The van der Waals surface area contributed by atoms with Crippen molar-refractivity contribution in [3.8, 4) is 17.1 Å². The number of ether oxygens (including phenoxy) is 2. The normalized spacial score (nSPS) is 10.5. The fourth-order valence-corrected chi connectivity index (χ4v) is 2.39. The van der Waals surface area contributed by atoms with Crippen LogP contribution in [0.1, 0.15) is 10.4 Å². The van der Waals surface area contributed by atoms with E-state index in [4.69, 9.17) is 4.74 Å². The number of nitrogens with zero attached hydrogens (tertiary/aromatic N) is 4. The molecule has 0 spiro atoms. The van der Waals surface area contributed by atoms with Gasteiger partial charge in [0.15, 0.2) is 0 Å². The van der Waals surface area contributed by atoms with Crippen molar-refractivity contribution in [1.29, 1.82) is 0 Å². The molecule has 0 unspecified atom stereocenters. The third-order valence-electron chi connectivity index (χ3n) is 3.37. The van der Waals surface area contributed by atoms with E-state index in [2.05, 4.69) is 36.1 Å². The SMILES string of the molecule is COC(=O)c1cccc(OCCn2nnc(-c3ccc(Br)cc3)n2)c1. The van der Waals surface area contributed by atoms with Crippen LogP contribution in [0, 0.1) is 0 Å². The maximum absolute atomic E-state index is 11.5. The van der Waals surface area contributed by atoms with Gasteiger partial charge in [-0.2, -0.15) is 4.80 Å². The van der Waals surface area contributed by atoms with Crippen LogP contribution in [0.4, 0.5) is 0 Å². The molecular formula is C17H15BrN4O3. The molecule has 0 amide bonds. The standard InChI is InChI=1S/C17H15BrN4O3/c1-24-17(23)13-3-2-4-15(11-13)25-10-9-22-20-16(19-21-22)12-5-7-14(18)8-6-12/h2-8,11H,9-10H2,1H3. The van der Waals surface area contributed by atoms with Gasteiger partial charge in [-0.15, -0.1) is 10.2 Å². The summed E-state index contributed by atoms with van der Waals surface area (Å²) >= 11 is 3.39. The Morgan fingerprint density at radius 1 is 1.20 bits per heavy atom. The molecule has 1 heterocycles. The van der Waals surface area contributed by atoms with Crippen molar-refractivity contribution in [2.75, 3.05) is 13.7 Å². The predicted molar refractivity (Wildman–Crippen MR) is 94.2 cm³/mol. The van der Waals surface area contributed by atoms with Crippen molar-refractivity contribution in [3.05, 3.63) is 58.6 Å². The van der Waals surface area contributed by atoms with Gasteiger partial charge >= 0.3 is 5.97 Å². The summed E-state index contributed by atoms with van der Waals surface area (Å²) in [6.07, 6.45) is 0. The molecule has 2 aromatic carbocycles. The number of methoxy groups -OCH3 is 1. The van der Waals surface area contributed by atoms with Gasteiger partial charge in [0, 0.05) is 10.0 Å². The van der Waals surface area contributed by atoms with Crippen molar-refractivity contribution < 1.29 is 14.3 Å². The summed E-state index contributed by atoms with van der Waals surface area (Å²) in [5, 5.41) is 12.4. The summed E-state index contributed by atoms with van der Waals surface area (Å²) in [4.78, 5) is 13.0. The largest absolute Gasteiger partial charge is 0.492 e. The number of carbonyl (C=O) groups is 1. The fraction of sp³-hybridized carbons (Fsp3) is 0.176. The summed E-state index contributed by atoms with van der Waals surface area (Å²) in [6, 6.07) is 14.5. The van der Waals surface area contributed by atoms with Gasteiger partial charge in [-0.25, -0.2) is 4.79 Å². The highest BCUT2D eigenvalue weighted by atomic mass is 79.9. The Bertz CT molecular complexity index is 864. The minimum atomic E-state index is -0.400. The first-order valence-corrected chi connectivity index (χ1v) is 8.30. The van der Waals surface area contributed by atoms with Crippen LogP contribution >= 0.6 is 15.9 Å². The van der Waals surface area contributed by atoms with Crippen LogP contribution in [-0.2, 0) is 11.3 Å². The van der Waals surface area contributed by atoms with Crippen molar-refractivity contribution >= 4 is 21.9 Å². The summed E-state index contributed by atoms with van der Waals surface area (Å²) in [6.45, 7) is 0.784. The molecule has 0 aliphatic rings. The third kappa shape index (κ3) is 4.42. The Balaban J connectivity index is 1.58. The minimum Gasteiger partial charge on any atom is -0.492 e. The van der Waals surface area contributed by atoms with Gasteiger partial charge in [-0.1, -0.05) is 22.0 Å². The van der Waals surface area contributed by atoms with Gasteiger partial charge in [0.2, 0.25) is 5.82 Å². The van der Waals surface area contributed by atoms with E-state index in [0.29, 0.717) is 30.3 Å². The van der Waals surface area contributed by atoms with E-state index in [9.17, 15) is 4.79 Å². The van der Waals surface area contributed by atoms with Crippen LogP contribution < -0.4 is 4.74 Å². The van der Waals surface area contributed by atoms with Crippen LogP contribution in [0.15, 0.2) is 53.0 Å². The van der Waals surface area contributed by atoms with Crippen molar-refractivity contribution in [2.45, 2.75) is 6.54 Å². The van der Waals surface area contributed by atoms with Gasteiger partial charge in [0.1, 0.15) is 12.4 Å². The second-order valence-corrected chi connectivity index (χ2v) is 6.00. The lowest BCUT2D eigenvalue weighted by Gasteiger charge is -2.06. The number of rotatable bonds is 6. The zero-order chi connectivity index (χ0) is 17.6. The van der Waals surface area contributed by atoms with E-state index in [1.165, 1.54) is 11.9 Å². The molecule has 0 fully saturated rings. The molecule has 0 radical (unpaired) electrons. The molecule has 8 heteroatoms. The number of carbonyl (C=O) groups excluding carboxylic acids is 1. The lowest BCUT2D eigenvalue weighted by Crippen LogP contribution is -2.11. The highest BCUT2D eigenvalue weighted by molar-refractivity contribution is 9.10. The topological polar surface area (TPSA) is 79.1 Å². The Labute approximate surface area is 152 Å². The number of hydrogen-bond acceptors (Lipinski definition) is 6. The highest BCUT2D eigenvalue weighted by Gasteiger charge is 2.08. The summed E-state index contributed by atoms with van der Waals surface area (Å²) in [7, 11) is 1.34. The first-order chi connectivity index (χ1) is 12.2. The van der Waals surface area contributed by atoms with E-state index in [0.717, 1.165) is 10.0 Å². The number of halogens is 1. The van der Waals surface area contributed by atoms with Crippen molar-refractivity contribution in [2.24, 2.45) is 0 Å². The lowest BCUT2D eigenvalue weighted by atomic mass is 10.2. The average molecular weight is 403 g/mol. The molecule has 0 aliphatic carbocycles. The van der Waals surface area contributed by atoms with E-state index in [-0.39, 0.29) is 0 Å². The van der Waals surface area contributed by atoms with Crippen LogP contribution in [0.5, 0.6) is 5.75 Å². The molecule has 128 valence electrons. The monoisotopic (exact) mass is 402 g/mol. The van der Waals surface area contributed by atoms with Gasteiger partial charge in [0.25, 0.3) is 0 Å². The molecule has 7 nitrogen and oxygen atoms in total. The Hall–Kier alpha value is -2.74. The molecular weight excluding hydrogens is 388 g/mol. The zero-order valence-corrected chi connectivity index (χ0v) is 15.0. The van der Waals surface area contributed by atoms with Gasteiger partial charge < -0.3 is 9.47 Å². The van der Waals surface area contributed by atoms with Crippen molar-refractivity contribution in [1.82, 2.24) is 20.2 Å². The molecule has 0 N–H and O–H groups in total. The lowest BCUT2D eigenvalue weighted by molar-refractivity contribution is 0.0600. The maximum atomic E-state index is 11.5. The minimum absolute atomic E-state index is 0.348. The Morgan fingerprint density at radius 3 is 2.76 bits per heavy atom. The zero-order valence-electron chi connectivity index (χ0n) is 13.4. The van der Waals surface area contributed by atoms with E-state index in [1.807, 2.05) is 24.3 Å². The Morgan fingerprint density at radius 2 is 2.00 bits per heavy atom. The molecule has 0 aliphatic heterocycles. The fourth-order valence-electron chi connectivity index (χ4n) is 2.13. The summed E-state index contributed by atoms with van der Waals surface area (Å²) in [5.74, 6) is 0.735. The second-order valence-electron chi connectivity index (χ2n) is 5.08. The van der Waals surface area contributed by atoms with Gasteiger partial charge in [-0.05, 0) is 47.7 Å². The smallest absolute Gasteiger partial charge is 0.337 e. The number of aromatic nitrogens is 4. The molecule has 1 aromatic heterocycles. The first kappa shape index (κ1) is 17.1. The second kappa shape index (κ2) is 7.89. The van der Waals surface area contributed by atoms with Gasteiger partial charge in [0.05, 0.1) is 19.2 Å². The molecule has 0 saturated heterocycles. The van der Waals surface area contributed by atoms with E-state index in [1.54, 1.807) is 24.3 Å². The third-order valence-corrected chi connectivity index (χ3v) is 3.90. The predicted octanol–water partition coefficient (Wildman–Crippen LogP) is 2.97. The van der Waals surface area contributed by atoms with E-state index < -0.39 is 5.97 Å². The van der Waals surface area contributed by atoms with E-state index >= 15 is 0 Å². The van der Waals surface area contributed by atoms with Crippen LogP contribution in [-0.4, -0.2) is 39.9 Å². The van der Waals surface area contributed by atoms with Crippen LogP contribution in [0.3, 0.4) is 0 Å². The number of hydrogen-bond donors (Lipinski definition) is 0. The van der Waals surface area contributed by atoms with Crippen LogP contribution in [0.2, 0.25) is 0 Å². The van der Waals surface area contributed by atoms with Gasteiger partial charge in [-0.3, -0.25) is 0 Å². The molecule has 0 saturated carbocycles. The van der Waals surface area contributed by atoms with Crippen molar-refractivity contribution in [3.63, 3.8) is 0 Å². The number of esters is 1. The highest BCUT2D eigenvalue weighted by Crippen LogP contribution is 2.17. The average Bonchev–Trinajstić information content (AvgIpc) is 3.11. The summed E-state index contributed by atoms with van der Waals surface area (Å²) < 4.78 is 11.3. The molecule has 3 aromatic rings. The molecule has 0 bridgehead atoms. The molecule has 3 rings (SSSR count). The molecule has 0 atom stereocenters. The summed E-state index contributed by atoms with van der Waals surface area (Å²) in [5.41, 5.74) is 1.33. The number of tetrazole rings is 1. The van der Waals surface area contributed by atoms with Crippen LogP contribution in [0.25, 0.3) is 11.4 Å². The Kier molecular flexibility index (Phi) is 5.39. The quantitative estimate of drug-likeness (QED) is 0.589. The number of benzene rings is 2.